The molecule has 6 amide bonds. The van der Waals surface area contributed by atoms with Crippen molar-refractivity contribution >= 4 is 53.2 Å². The van der Waals surface area contributed by atoms with Crippen molar-refractivity contribution in [2.45, 2.75) is 188 Å². The van der Waals surface area contributed by atoms with Crippen LogP contribution in [0.2, 0.25) is 0 Å². The van der Waals surface area contributed by atoms with Gasteiger partial charge in [0.1, 0.15) is 42.1 Å². The Morgan fingerprint density at radius 2 is 1.55 bits per heavy atom. The number of benzene rings is 1. The number of carbonyl (C=O) groups excluding carboxylic acids is 9. The third kappa shape index (κ3) is 15.9. The van der Waals surface area contributed by atoms with Gasteiger partial charge in [-0.1, -0.05) is 73.9 Å². The summed E-state index contributed by atoms with van der Waals surface area (Å²) in [5.41, 5.74) is 0.604. The predicted octanol–water partition coefficient (Wildman–Crippen LogP) is 2.70. The van der Waals surface area contributed by atoms with E-state index in [4.69, 9.17) is 14.2 Å². The Morgan fingerprint density at radius 3 is 2.12 bits per heavy atom. The van der Waals surface area contributed by atoms with Crippen LogP contribution < -0.4 is 26.0 Å². The van der Waals surface area contributed by atoms with Crippen LogP contribution in [0, 0.1) is 29.6 Å². The van der Waals surface area contributed by atoms with Crippen molar-refractivity contribution in [3.05, 3.63) is 29.8 Å². The molecule has 0 aromatic heterocycles. The number of amides is 6. The molecule has 1 aromatic rings. The van der Waals surface area contributed by atoms with E-state index in [9.17, 15) is 48.3 Å². The number of aliphatic hydroxyl groups is 1. The Kier molecular flexibility index (Phi) is 22.9. The average molecular weight is 1040 g/mol. The van der Waals surface area contributed by atoms with Gasteiger partial charge in [-0.25, -0.2) is 4.79 Å². The van der Waals surface area contributed by atoms with Crippen LogP contribution in [-0.2, 0) is 59.0 Å². The molecule has 1 aromatic carbocycles. The number of carbonyl (C=O) groups is 9. The molecule has 5 N–H and O–H groups in total. The first kappa shape index (κ1) is 60.9. The number of methoxy groups -OCH3 is 1. The van der Waals surface area contributed by atoms with Crippen molar-refractivity contribution in [3.8, 4) is 5.75 Å². The van der Waals surface area contributed by atoms with E-state index in [1.165, 1.54) is 49.8 Å². The molecule has 3 saturated heterocycles. The quantitative estimate of drug-likeness (QED) is 0.133. The van der Waals surface area contributed by atoms with E-state index >= 15 is 0 Å². The first-order chi connectivity index (χ1) is 34.8. The van der Waals surface area contributed by atoms with E-state index in [0.29, 0.717) is 37.1 Å². The lowest BCUT2D eigenvalue weighted by Gasteiger charge is -2.36. The van der Waals surface area contributed by atoms with Gasteiger partial charge in [0.2, 0.25) is 35.4 Å². The Balaban J connectivity index is 1.88. The standard InChI is InChI=1S/C54H85N7O13/c1-14-32(8)44-42(62)28-43(63)74-47(31(6)7)46(64)33(9)48(65)56-38(25-29(2)3)52(69)61-24-16-18-39(61)53(70)60(12)41(27-35-19-21-36(72-13)22-20-35)54(71)73-34(10)45(50(67)57-44)58-49(66)40(26-30(4)5)59(11)51(68)37-17-15-23-55-37/h19-22,29-34,37-42,44-45,47,55,62H,14-18,23-28H2,1-13H3,(H,56,65)(H,57,67)(H,58,66)/t32-,33-,34+,37-,38-,39-,40+,41-,42-,44+,45-,47-/m0/s1. The maximum absolute atomic E-state index is 14.9. The van der Waals surface area contributed by atoms with Crippen LogP contribution in [0.5, 0.6) is 5.75 Å². The van der Waals surface area contributed by atoms with Gasteiger partial charge in [-0.2, -0.15) is 0 Å². The monoisotopic (exact) mass is 1040 g/mol. The zero-order valence-electron chi connectivity index (χ0n) is 45.9. The number of nitrogens with zero attached hydrogens (tertiary/aromatic N) is 3. The summed E-state index contributed by atoms with van der Waals surface area (Å²) in [6.45, 7) is 17.9. The molecule has 0 unspecified atom stereocenters. The SMILES string of the molecule is CC[C@H](C)[C@H]1NC(=O)[C@@H](NC(=O)[C@@H](CC(C)C)N(C)C(=O)[C@@H]2CCCN2)[C@@H](C)OC(=O)[C@H](Cc2ccc(OC)cc2)N(C)C(=O)[C@@H]2CCCN2C(=O)[C@H](CC(C)C)NC(=O)[C@@H](C)C(=O)[C@H](C(C)C)OC(=O)C[C@@H]1O. The lowest BCUT2D eigenvalue weighted by atomic mass is 9.91. The highest BCUT2D eigenvalue weighted by Gasteiger charge is 2.45. The van der Waals surface area contributed by atoms with Gasteiger partial charge in [0, 0.05) is 27.1 Å². The fraction of sp³-hybridized carbons (Fsp3) is 0.722. The van der Waals surface area contributed by atoms with E-state index in [2.05, 4.69) is 21.3 Å². The summed E-state index contributed by atoms with van der Waals surface area (Å²) in [6.07, 6.45) is -2.50. The van der Waals surface area contributed by atoms with Crippen LogP contribution in [-0.4, -0.2) is 168 Å². The van der Waals surface area contributed by atoms with Gasteiger partial charge in [-0.3, -0.25) is 38.4 Å². The molecule has 0 radical (unpaired) electrons. The van der Waals surface area contributed by atoms with Gasteiger partial charge >= 0.3 is 11.9 Å². The van der Waals surface area contributed by atoms with E-state index in [1.54, 1.807) is 45.0 Å². The third-order valence-electron chi connectivity index (χ3n) is 14.7. The summed E-state index contributed by atoms with van der Waals surface area (Å²) in [6, 6.07) is -1.16. The zero-order chi connectivity index (χ0) is 55.3. The van der Waals surface area contributed by atoms with E-state index in [1.807, 2.05) is 34.6 Å². The van der Waals surface area contributed by atoms with Crippen molar-refractivity contribution in [1.29, 1.82) is 0 Å². The van der Waals surface area contributed by atoms with Crippen LogP contribution in [0.1, 0.15) is 126 Å². The topological polar surface area (TPSA) is 259 Å². The van der Waals surface area contributed by atoms with E-state index in [-0.39, 0.29) is 50.0 Å². The summed E-state index contributed by atoms with van der Waals surface area (Å²) >= 11 is 0. The first-order valence-electron chi connectivity index (χ1n) is 26.5. The first-order valence-corrected chi connectivity index (χ1v) is 26.5. The molecule has 20 heteroatoms. The van der Waals surface area contributed by atoms with Gasteiger partial charge in [0.25, 0.3) is 0 Å². The number of hydrogen-bond donors (Lipinski definition) is 5. The van der Waals surface area contributed by atoms with Crippen LogP contribution >= 0.6 is 0 Å². The minimum Gasteiger partial charge on any atom is -0.497 e. The number of esters is 2. The highest BCUT2D eigenvalue weighted by molar-refractivity contribution is 6.05. The number of aliphatic hydroxyl groups excluding tert-OH is 1. The third-order valence-corrected chi connectivity index (χ3v) is 14.7. The highest BCUT2D eigenvalue weighted by atomic mass is 16.6. The zero-order valence-corrected chi connectivity index (χ0v) is 45.9. The number of fused-ring (bicyclic) bond motifs is 1. The Bertz CT molecular complexity index is 2130. The van der Waals surface area contributed by atoms with Gasteiger partial charge in [-0.05, 0) is 100 Å². The number of ketones is 1. The van der Waals surface area contributed by atoms with Crippen LogP contribution in [0.3, 0.4) is 0 Å². The molecule has 3 aliphatic heterocycles. The molecule has 0 saturated carbocycles. The smallest absolute Gasteiger partial charge is 0.329 e. The lowest BCUT2D eigenvalue weighted by molar-refractivity contribution is -0.163. The molecule has 3 fully saturated rings. The number of nitrogens with one attached hydrogen (secondary N) is 4. The van der Waals surface area contributed by atoms with Gasteiger partial charge in [0.05, 0.1) is 37.6 Å². The number of likely N-dealkylation sites (N-methyl/N-ethyl adjacent to an activating group) is 2. The number of rotatable bonds is 14. The summed E-state index contributed by atoms with van der Waals surface area (Å²) in [5.74, 6) is -8.71. The van der Waals surface area contributed by atoms with Crippen molar-refractivity contribution in [3.63, 3.8) is 0 Å². The van der Waals surface area contributed by atoms with Gasteiger partial charge in [0.15, 0.2) is 11.9 Å². The fourth-order valence-electron chi connectivity index (χ4n) is 9.90. The number of hydrogen-bond acceptors (Lipinski definition) is 14. The minimum absolute atomic E-state index is 0.0893. The minimum atomic E-state index is -1.67. The average Bonchev–Trinajstić information content (AvgIpc) is 4.09. The maximum atomic E-state index is 14.9. The van der Waals surface area contributed by atoms with Crippen LogP contribution in [0.15, 0.2) is 24.3 Å². The van der Waals surface area contributed by atoms with Gasteiger partial charge < -0.3 is 55.3 Å². The molecule has 0 bridgehead atoms. The number of cyclic esters (lactones) is 2. The van der Waals surface area contributed by atoms with Gasteiger partial charge in [-0.15, -0.1) is 0 Å². The largest absolute Gasteiger partial charge is 0.497 e. The Hall–Kier alpha value is -5.63. The second-order valence-electron chi connectivity index (χ2n) is 21.7. The summed E-state index contributed by atoms with van der Waals surface area (Å²) in [7, 11) is 4.46. The molecule has 4 rings (SSSR count). The second kappa shape index (κ2) is 27.8. The molecular formula is C54H85N7O13. The van der Waals surface area contributed by atoms with E-state index < -0.39 is 132 Å². The Labute approximate surface area is 437 Å². The van der Waals surface area contributed by atoms with Crippen molar-refractivity contribution < 1.29 is 62.5 Å². The van der Waals surface area contributed by atoms with Crippen molar-refractivity contribution in [1.82, 2.24) is 36.0 Å². The summed E-state index contributed by atoms with van der Waals surface area (Å²) < 4.78 is 17.2. The summed E-state index contributed by atoms with van der Waals surface area (Å²) in [5, 5.41) is 23.3. The fourth-order valence-corrected chi connectivity index (χ4v) is 9.90. The molecular weight excluding hydrogens is 955 g/mol. The summed E-state index contributed by atoms with van der Waals surface area (Å²) in [4.78, 5) is 133. The number of ether oxygens (including phenoxy) is 3. The molecule has 0 aliphatic carbocycles. The van der Waals surface area contributed by atoms with Crippen LogP contribution in [0.4, 0.5) is 0 Å². The highest BCUT2D eigenvalue weighted by Crippen LogP contribution is 2.26. The van der Waals surface area contributed by atoms with E-state index in [0.717, 1.165) is 6.42 Å². The molecule has 414 valence electrons. The second-order valence-corrected chi connectivity index (χ2v) is 21.7. The normalized spacial score (nSPS) is 28.3. The number of Topliss-reactive ketones (excluding diaryl/α,β-unsaturated/α-hetero) is 1. The molecule has 20 nitrogen and oxygen atoms in total. The Morgan fingerprint density at radius 1 is 0.892 bits per heavy atom. The molecule has 0 spiro atoms. The van der Waals surface area contributed by atoms with Crippen LogP contribution in [0.25, 0.3) is 0 Å². The van der Waals surface area contributed by atoms with Crippen molar-refractivity contribution in [2.24, 2.45) is 29.6 Å². The molecule has 3 aliphatic rings. The lowest BCUT2D eigenvalue weighted by Crippen LogP contribution is -2.62. The maximum Gasteiger partial charge on any atom is 0.329 e. The van der Waals surface area contributed by atoms with Crippen molar-refractivity contribution in [2.75, 3.05) is 34.3 Å². The molecule has 12 atom stereocenters. The predicted molar refractivity (Wildman–Crippen MR) is 275 cm³/mol. The molecule has 3 heterocycles. The molecule has 74 heavy (non-hydrogen) atoms.